The van der Waals surface area contributed by atoms with E-state index in [0.717, 1.165) is 13.8 Å². The summed E-state index contributed by atoms with van der Waals surface area (Å²) >= 11 is 0. The number of hydrogen-bond acceptors (Lipinski definition) is 4. The van der Waals surface area contributed by atoms with Crippen LogP contribution in [0.3, 0.4) is 0 Å². The van der Waals surface area contributed by atoms with Crippen molar-refractivity contribution < 1.29 is 84.9 Å². The van der Waals surface area contributed by atoms with Crippen molar-refractivity contribution in [2.24, 2.45) is 5.41 Å². The van der Waals surface area contributed by atoms with Crippen LogP contribution in [0.15, 0.2) is 0 Å². The summed E-state index contributed by atoms with van der Waals surface area (Å²) in [6, 6.07) is 0. The number of hydrogen-bond donors (Lipinski definition) is 0. The van der Waals surface area contributed by atoms with Crippen LogP contribution in [0.25, 0.3) is 0 Å². The Bertz CT molecular complexity index is 683. The number of ether oxygens (including phenoxy) is 3. The van der Waals surface area contributed by atoms with E-state index in [0.29, 0.717) is 0 Å². The maximum Gasteiger partial charge on any atom is 0.542 e. The second-order valence-electron chi connectivity index (χ2n) is 6.49. The average molecular weight is 516 g/mol. The van der Waals surface area contributed by atoms with Crippen molar-refractivity contribution in [1.29, 1.82) is 0 Å². The second-order valence-corrected chi connectivity index (χ2v) is 6.49. The van der Waals surface area contributed by atoms with E-state index in [1.165, 1.54) is 11.7 Å². The van der Waals surface area contributed by atoms with Gasteiger partial charge in [0.2, 0.25) is 0 Å². The molecule has 0 rings (SSSR count). The van der Waals surface area contributed by atoms with Gasteiger partial charge in [0.15, 0.2) is 0 Å². The van der Waals surface area contributed by atoms with Crippen LogP contribution < -0.4 is 0 Å². The molecule has 32 heavy (non-hydrogen) atoms. The maximum atomic E-state index is 13.2. The minimum Gasteiger partial charge on any atom is -0.376 e. The molecule has 0 atom stereocenters. The van der Waals surface area contributed by atoms with Crippen LogP contribution in [0.5, 0.6) is 0 Å². The molecule has 0 saturated heterocycles. The van der Waals surface area contributed by atoms with E-state index >= 15 is 0 Å². The molecule has 0 radical (unpaired) electrons. The molecule has 4 nitrogen and oxygen atoms in total. The molecule has 0 amide bonds. The van der Waals surface area contributed by atoms with Crippen LogP contribution in [0.2, 0.25) is 0 Å². The number of carbonyl (C=O) groups excluding carboxylic acids is 1. The number of carbonyl (C=O) groups is 1. The second kappa shape index (κ2) is 8.28. The number of esters is 1. The Labute approximate surface area is 167 Å². The molecule has 0 aromatic carbocycles. The van der Waals surface area contributed by atoms with Crippen molar-refractivity contribution in [3.8, 4) is 0 Å². The lowest BCUT2D eigenvalue weighted by atomic mass is 9.91. The molecule has 0 unspecified atom stereocenters. The molecule has 0 aromatic heterocycles. The third kappa shape index (κ3) is 5.82. The summed E-state index contributed by atoms with van der Waals surface area (Å²) in [5, 5.41) is 0. The lowest BCUT2D eigenvalue weighted by molar-refractivity contribution is -0.558. The maximum absolute atomic E-state index is 13.2. The number of halogens is 15. The number of rotatable bonds is 10. The molecular formula is C13H11F15O4. The van der Waals surface area contributed by atoms with Gasteiger partial charge in [-0.25, -0.2) is 9.47 Å². The summed E-state index contributed by atoms with van der Waals surface area (Å²) in [6.45, 7) is 2.94. The van der Waals surface area contributed by atoms with Gasteiger partial charge in [-0.1, -0.05) is 6.92 Å². The van der Waals surface area contributed by atoms with Gasteiger partial charge in [0.05, 0.1) is 5.41 Å². The SMILES string of the molecule is CCC(C)(C)C(=O)OC(F)(F)OC(F)(F)C(F)(F)OC(F)(F)C(F)(F)C(F)(F)C(F)(F)F. The standard InChI is InChI=1S/C13H11F15O4/c1-4-6(2,3)5(29)30-13(27,28)32-12(25,26)11(23,24)31-10(21,22)8(16,17)7(14,15)9(18,19)20/h4H2,1-3H3. The van der Waals surface area contributed by atoms with Gasteiger partial charge in [0.25, 0.3) is 0 Å². The smallest absolute Gasteiger partial charge is 0.376 e. The molecule has 0 bridgehead atoms. The predicted octanol–water partition coefficient (Wildman–Crippen LogP) is 6.16. The predicted molar refractivity (Wildman–Crippen MR) is 68.1 cm³/mol. The highest BCUT2D eigenvalue weighted by atomic mass is 19.4. The summed E-state index contributed by atoms with van der Waals surface area (Å²) in [7, 11) is 0. The Balaban J connectivity index is 5.87. The lowest BCUT2D eigenvalue weighted by Gasteiger charge is -2.36. The molecule has 0 saturated carbocycles. The van der Waals surface area contributed by atoms with Gasteiger partial charge in [0, 0.05) is 0 Å². The fourth-order valence-corrected chi connectivity index (χ4v) is 1.27. The highest BCUT2D eigenvalue weighted by Crippen LogP contribution is 2.56. The molecule has 0 aliphatic carbocycles. The third-order valence-corrected chi connectivity index (χ3v) is 3.61. The van der Waals surface area contributed by atoms with E-state index in [1.807, 2.05) is 4.74 Å². The van der Waals surface area contributed by atoms with Crippen LogP contribution in [0.4, 0.5) is 65.9 Å². The van der Waals surface area contributed by atoms with E-state index in [4.69, 9.17) is 0 Å². The molecule has 0 N–H and O–H groups in total. The summed E-state index contributed by atoms with van der Waals surface area (Å²) in [4.78, 5) is 11.4. The van der Waals surface area contributed by atoms with E-state index in [2.05, 4.69) is 4.74 Å². The fraction of sp³-hybridized carbons (Fsp3) is 0.923. The van der Waals surface area contributed by atoms with Gasteiger partial charge in [0.1, 0.15) is 0 Å². The summed E-state index contributed by atoms with van der Waals surface area (Å²) in [5.74, 6) is -17.8. The molecule has 0 spiro atoms. The summed E-state index contributed by atoms with van der Waals surface area (Å²) < 4.78 is 198. The first-order valence-electron chi connectivity index (χ1n) is 7.57. The molecule has 0 fully saturated rings. The Kier molecular flexibility index (Phi) is 7.85. The molecule has 0 aromatic rings. The molecule has 192 valence electrons. The number of alkyl halides is 15. The Hall–Kier alpha value is -1.66. The summed E-state index contributed by atoms with van der Waals surface area (Å²) in [6.07, 6.45) is -36.2. The molecular weight excluding hydrogens is 505 g/mol. The Morgan fingerprint density at radius 3 is 1.34 bits per heavy atom. The van der Waals surface area contributed by atoms with Gasteiger partial charge in [-0.3, -0.25) is 4.79 Å². The zero-order chi connectivity index (χ0) is 26.4. The summed E-state index contributed by atoms with van der Waals surface area (Å²) in [5.41, 5.74) is -1.88. The lowest BCUT2D eigenvalue weighted by Crippen LogP contribution is -2.64. The minimum atomic E-state index is -7.95. The van der Waals surface area contributed by atoms with E-state index in [1.54, 1.807) is 0 Å². The highest BCUT2D eigenvalue weighted by Gasteiger charge is 2.85. The van der Waals surface area contributed by atoms with Gasteiger partial charge in [-0.2, -0.15) is 57.1 Å². The average Bonchev–Trinajstić information content (AvgIpc) is 2.50. The van der Waals surface area contributed by atoms with Crippen molar-refractivity contribution >= 4 is 5.97 Å². The fourth-order valence-electron chi connectivity index (χ4n) is 1.27. The topological polar surface area (TPSA) is 44.8 Å². The van der Waals surface area contributed by atoms with E-state index in [9.17, 15) is 70.7 Å². The molecule has 19 heteroatoms. The molecule has 0 aliphatic heterocycles. The van der Waals surface area contributed by atoms with Gasteiger partial charge in [-0.05, 0) is 20.3 Å². The van der Waals surface area contributed by atoms with Crippen molar-refractivity contribution in [2.75, 3.05) is 0 Å². The zero-order valence-electron chi connectivity index (χ0n) is 15.5. The third-order valence-electron chi connectivity index (χ3n) is 3.61. The zero-order valence-corrected chi connectivity index (χ0v) is 15.5. The first-order valence-corrected chi connectivity index (χ1v) is 7.57. The highest BCUT2D eigenvalue weighted by molar-refractivity contribution is 5.75. The Morgan fingerprint density at radius 1 is 0.625 bits per heavy atom. The van der Waals surface area contributed by atoms with Gasteiger partial charge in [-0.15, -0.1) is 8.78 Å². The monoisotopic (exact) mass is 516 g/mol. The first-order chi connectivity index (χ1) is 13.6. The van der Waals surface area contributed by atoms with Crippen LogP contribution in [0, 0.1) is 5.41 Å². The van der Waals surface area contributed by atoms with Crippen molar-refractivity contribution in [1.82, 2.24) is 0 Å². The van der Waals surface area contributed by atoms with Gasteiger partial charge < -0.3 is 4.74 Å². The first kappa shape index (κ1) is 30.3. The van der Waals surface area contributed by atoms with Gasteiger partial charge >= 0.3 is 48.6 Å². The van der Waals surface area contributed by atoms with Crippen molar-refractivity contribution in [3.63, 3.8) is 0 Å². The largest absolute Gasteiger partial charge is 0.542 e. The van der Waals surface area contributed by atoms with Crippen molar-refractivity contribution in [3.05, 3.63) is 0 Å². The minimum absolute atomic E-state index is 0.313. The quantitative estimate of drug-likeness (QED) is 0.198. The normalized spacial score (nSPS) is 15.7. The van der Waals surface area contributed by atoms with Crippen molar-refractivity contribution in [2.45, 2.75) is 69.8 Å². The molecule has 0 aliphatic rings. The van der Waals surface area contributed by atoms with E-state index in [-0.39, 0.29) is 6.42 Å². The van der Waals surface area contributed by atoms with Crippen LogP contribution in [-0.2, 0) is 19.0 Å². The van der Waals surface area contributed by atoms with E-state index < -0.39 is 54.0 Å². The van der Waals surface area contributed by atoms with Crippen LogP contribution in [0.1, 0.15) is 27.2 Å². The molecule has 0 heterocycles. The Morgan fingerprint density at radius 2 is 1.00 bits per heavy atom. The van der Waals surface area contributed by atoms with Crippen LogP contribution in [-0.4, -0.2) is 48.6 Å². The van der Waals surface area contributed by atoms with Crippen LogP contribution >= 0.6 is 0 Å².